The second kappa shape index (κ2) is 6.08. The van der Waals surface area contributed by atoms with Crippen LogP contribution in [0.1, 0.15) is 26.3 Å². The van der Waals surface area contributed by atoms with Crippen LogP contribution in [-0.2, 0) is 16.3 Å². The molecule has 0 radical (unpaired) electrons. The van der Waals surface area contributed by atoms with Crippen molar-refractivity contribution in [1.82, 2.24) is 5.32 Å². The molecule has 5 nitrogen and oxygen atoms in total. The number of halogens is 1. The van der Waals surface area contributed by atoms with Crippen molar-refractivity contribution in [1.29, 1.82) is 0 Å². The van der Waals surface area contributed by atoms with Crippen molar-refractivity contribution in [3.63, 3.8) is 0 Å². The highest BCUT2D eigenvalue weighted by molar-refractivity contribution is 7.92. The number of fused-ring (bicyclic) bond motifs is 1. The summed E-state index contributed by atoms with van der Waals surface area (Å²) in [5, 5.41) is 3.26. The third-order valence-corrected chi connectivity index (χ3v) is 6.61. The molecule has 0 saturated heterocycles. The summed E-state index contributed by atoms with van der Waals surface area (Å²) in [5.74, 6) is -0.0709. The van der Waals surface area contributed by atoms with Crippen molar-refractivity contribution in [2.75, 3.05) is 23.7 Å². The lowest BCUT2D eigenvalue weighted by molar-refractivity contribution is 0.247. The number of nitrogens with one attached hydrogen (secondary N) is 1. The van der Waals surface area contributed by atoms with Crippen LogP contribution in [0.3, 0.4) is 0 Å². The molecule has 0 aliphatic carbocycles. The number of amides is 2. The predicted molar refractivity (Wildman–Crippen MR) is 89.4 cm³/mol. The Balaban J connectivity index is 1.97. The molecule has 1 aliphatic heterocycles. The molecular weight excluding hydrogens is 324 g/mol. The first-order valence-corrected chi connectivity index (χ1v) is 9.21. The number of hydrogen-bond donors (Lipinski definition) is 1. The Morgan fingerprint density at radius 3 is 2.68 bits per heavy atom. The van der Waals surface area contributed by atoms with Crippen molar-refractivity contribution in [3.05, 3.63) is 28.8 Å². The molecule has 1 aliphatic rings. The fourth-order valence-corrected chi connectivity index (χ4v) is 3.41. The van der Waals surface area contributed by atoms with Gasteiger partial charge in [0.05, 0.1) is 16.2 Å². The first-order chi connectivity index (χ1) is 10.1. The van der Waals surface area contributed by atoms with Crippen LogP contribution in [0.25, 0.3) is 0 Å². The molecule has 22 heavy (non-hydrogen) atoms. The van der Waals surface area contributed by atoms with Crippen molar-refractivity contribution in [2.45, 2.75) is 31.9 Å². The number of urea groups is 1. The van der Waals surface area contributed by atoms with Gasteiger partial charge < -0.3 is 5.32 Å². The number of carbonyl (C=O) groups excluding carboxylic acids is 1. The Bertz CT molecular complexity index is 681. The smallest absolute Gasteiger partial charge is 0.321 e. The molecule has 1 aromatic rings. The van der Waals surface area contributed by atoms with Crippen molar-refractivity contribution in [2.24, 2.45) is 0 Å². The number of hydrogen-bond acceptors (Lipinski definition) is 3. The van der Waals surface area contributed by atoms with Gasteiger partial charge in [0.1, 0.15) is 0 Å². The zero-order valence-corrected chi connectivity index (χ0v) is 14.6. The lowest BCUT2D eigenvalue weighted by Gasteiger charge is -2.21. The SMILES string of the molecule is CC(C)(C)S(=O)(=O)CCNC(=O)N1CCc2ccc(Cl)cc21. The molecule has 2 rings (SSSR count). The predicted octanol–water partition coefficient (Wildman–Crippen LogP) is 2.63. The Morgan fingerprint density at radius 2 is 2.05 bits per heavy atom. The molecule has 7 heteroatoms. The summed E-state index contributed by atoms with van der Waals surface area (Å²) in [6.45, 7) is 5.65. The third-order valence-electron chi connectivity index (χ3n) is 3.77. The van der Waals surface area contributed by atoms with Crippen molar-refractivity contribution >= 4 is 33.2 Å². The molecule has 0 bridgehead atoms. The van der Waals surface area contributed by atoms with E-state index in [1.54, 1.807) is 37.8 Å². The molecule has 122 valence electrons. The summed E-state index contributed by atoms with van der Waals surface area (Å²) >= 11 is 5.97. The van der Waals surface area contributed by atoms with Crippen LogP contribution in [0.15, 0.2) is 18.2 Å². The zero-order chi connectivity index (χ0) is 16.5. The highest BCUT2D eigenvalue weighted by atomic mass is 35.5. The van der Waals surface area contributed by atoms with E-state index in [1.807, 2.05) is 6.07 Å². The lowest BCUT2D eigenvalue weighted by atomic mass is 10.2. The summed E-state index contributed by atoms with van der Waals surface area (Å²) < 4.78 is 23.2. The summed E-state index contributed by atoms with van der Waals surface area (Å²) in [5.41, 5.74) is 1.87. The van der Waals surface area contributed by atoms with Crippen LogP contribution in [-0.4, -0.2) is 38.0 Å². The Kier molecular flexibility index (Phi) is 4.73. The number of anilines is 1. The molecule has 2 amide bonds. The minimum Gasteiger partial charge on any atom is -0.337 e. The van der Waals surface area contributed by atoms with Crippen LogP contribution in [0, 0.1) is 0 Å². The van der Waals surface area contributed by atoms with Crippen LogP contribution >= 0.6 is 11.6 Å². The first kappa shape index (κ1) is 17.1. The van der Waals surface area contributed by atoms with E-state index >= 15 is 0 Å². The van der Waals surface area contributed by atoms with E-state index in [0.717, 1.165) is 17.7 Å². The monoisotopic (exact) mass is 344 g/mol. The Morgan fingerprint density at radius 1 is 1.36 bits per heavy atom. The van der Waals surface area contributed by atoms with Gasteiger partial charge in [-0.25, -0.2) is 13.2 Å². The van der Waals surface area contributed by atoms with E-state index in [-0.39, 0.29) is 18.3 Å². The van der Waals surface area contributed by atoms with Gasteiger partial charge in [-0.05, 0) is 44.9 Å². The summed E-state index contributed by atoms with van der Waals surface area (Å²) in [7, 11) is -3.24. The topological polar surface area (TPSA) is 66.5 Å². The molecule has 0 fully saturated rings. The van der Waals surface area contributed by atoms with Gasteiger partial charge in [0, 0.05) is 18.1 Å². The number of nitrogens with zero attached hydrogens (tertiary/aromatic N) is 1. The highest BCUT2D eigenvalue weighted by Gasteiger charge is 2.29. The van der Waals surface area contributed by atoms with E-state index in [1.165, 1.54) is 0 Å². The van der Waals surface area contributed by atoms with Gasteiger partial charge in [-0.3, -0.25) is 4.90 Å². The fourth-order valence-electron chi connectivity index (χ4n) is 2.26. The lowest BCUT2D eigenvalue weighted by Crippen LogP contribution is -2.42. The van der Waals surface area contributed by atoms with Gasteiger partial charge in [0.15, 0.2) is 9.84 Å². The number of carbonyl (C=O) groups is 1. The van der Waals surface area contributed by atoms with Gasteiger partial charge >= 0.3 is 6.03 Å². The summed E-state index contributed by atoms with van der Waals surface area (Å²) in [4.78, 5) is 13.8. The maximum atomic E-state index is 12.2. The number of rotatable bonds is 3. The minimum atomic E-state index is -3.24. The van der Waals surface area contributed by atoms with Gasteiger partial charge in [-0.1, -0.05) is 17.7 Å². The minimum absolute atomic E-state index is 0.0709. The highest BCUT2D eigenvalue weighted by Crippen LogP contribution is 2.30. The Hall–Kier alpha value is -1.27. The van der Waals surface area contributed by atoms with E-state index < -0.39 is 14.6 Å². The fraction of sp³-hybridized carbons (Fsp3) is 0.533. The molecule has 0 saturated carbocycles. The molecule has 0 aromatic heterocycles. The molecule has 0 unspecified atom stereocenters. The molecule has 1 aromatic carbocycles. The first-order valence-electron chi connectivity index (χ1n) is 7.18. The van der Waals surface area contributed by atoms with Gasteiger partial charge in [0.2, 0.25) is 0 Å². The Labute approximate surface area is 136 Å². The maximum Gasteiger partial charge on any atom is 0.321 e. The average Bonchev–Trinajstić information content (AvgIpc) is 2.79. The molecule has 0 atom stereocenters. The van der Waals surface area contributed by atoms with E-state index in [9.17, 15) is 13.2 Å². The largest absolute Gasteiger partial charge is 0.337 e. The van der Waals surface area contributed by atoms with Gasteiger partial charge in [-0.15, -0.1) is 0 Å². The van der Waals surface area contributed by atoms with E-state index in [0.29, 0.717) is 11.6 Å². The molecular formula is C15H21ClN2O3S. The quantitative estimate of drug-likeness (QED) is 0.916. The van der Waals surface area contributed by atoms with Crippen LogP contribution < -0.4 is 10.2 Å². The van der Waals surface area contributed by atoms with Crippen LogP contribution in [0.5, 0.6) is 0 Å². The molecule has 1 N–H and O–H groups in total. The van der Waals surface area contributed by atoms with Gasteiger partial charge in [0.25, 0.3) is 0 Å². The van der Waals surface area contributed by atoms with Crippen LogP contribution in [0.2, 0.25) is 5.02 Å². The maximum absolute atomic E-state index is 12.2. The van der Waals surface area contributed by atoms with Crippen molar-refractivity contribution in [3.8, 4) is 0 Å². The number of benzene rings is 1. The van der Waals surface area contributed by atoms with Crippen LogP contribution in [0.4, 0.5) is 10.5 Å². The number of sulfone groups is 1. The molecule has 0 spiro atoms. The van der Waals surface area contributed by atoms with E-state index in [4.69, 9.17) is 11.6 Å². The van der Waals surface area contributed by atoms with E-state index in [2.05, 4.69) is 5.32 Å². The normalized spacial score (nSPS) is 14.8. The standard InChI is InChI=1S/C15H21ClN2O3S/c1-15(2,3)22(20,21)9-7-17-14(19)18-8-6-11-4-5-12(16)10-13(11)18/h4-5,10H,6-9H2,1-3H3,(H,17,19). The van der Waals surface area contributed by atoms with Crippen molar-refractivity contribution < 1.29 is 13.2 Å². The second-order valence-corrected chi connectivity index (χ2v) is 9.64. The van der Waals surface area contributed by atoms with Gasteiger partial charge in [-0.2, -0.15) is 0 Å². The molecule has 1 heterocycles. The summed E-state index contributed by atoms with van der Waals surface area (Å²) in [6, 6.07) is 5.19. The summed E-state index contributed by atoms with van der Waals surface area (Å²) in [6.07, 6.45) is 0.778. The zero-order valence-electron chi connectivity index (χ0n) is 13.0. The average molecular weight is 345 g/mol. The third kappa shape index (κ3) is 3.55. The second-order valence-electron chi connectivity index (χ2n) is 6.34.